The van der Waals surface area contributed by atoms with E-state index in [9.17, 15) is 14.7 Å². The quantitative estimate of drug-likeness (QED) is 0.444. The topological polar surface area (TPSA) is 107 Å². The number of aliphatic carboxylic acids is 1. The van der Waals surface area contributed by atoms with Gasteiger partial charge in [-0.2, -0.15) is 4.79 Å². The maximum atomic E-state index is 11.7. The number of aryl methyl sites for hydroxylation is 1. The van der Waals surface area contributed by atoms with Crippen molar-refractivity contribution in [1.82, 2.24) is 4.98 Å². The molecule has 0 saturated heterocycles. The molecule has 2 aromatic rings. The Balaban J connectivity index is 2.46. The highest BCUT2D eigenvalue weighted by Gasteiger charge is 2.26. The van der Waals surface area contributed by atoms with Crippen molar-refractivity contribution in [2.75, 3.05) is 0 Å². The number of aromatic nitrogens is 1. The van der Waals surface area contributed by atoms with Gasteiger partial charge in [-0.1, -0.05) is 31.5 Å². The summed E-state index contributed by atoms with van der Waals surface area (Å²) in [6.07, 6.45) is 2.69. The number of ketones is 1. The Morgan fingerprint density at radius 1 is 1.39 bits per heavy atom. The molecule has 0 aliphatic carbocycles. The van der Waals surface area contributed by atoms with Crippen molar-refractivity contribution in [1.29, 1.82) is 0 Å². The number of carboxylic acids is 1. The van der Waals surface area contributed by atoms with Crippen molar-refractivity contribution in [2.45, 2.75) is 38.5 Å². The molecular formula is C17H19N3O3. The summed E-state index contributed by atoms with van der Waals surface area (Å²) < 4.78 is 0. The number of nitrogens with zero attached hydrogens (tertiary/aromatic N) is 2. The molecule has 0 amide bonds. The normalized spacial score (nSPS) is 11.9. The molecule has 1 unspecified atom stereocenters. The lowest BCUT2D eigenvalue weighted by atomic mass is 9.90. The zero-order chi connectivity index (χ0) is 16.8. The van der Waals surface area contributed by atoms with Crippen LogP contribution in [-0.2, 0) is 16.0 Å². The number of benzene rings is 1. The van der Waals surface area contributed by atoms with E-state index in [0.29, 0.717) is 12.8 Å². The van der Waals surface area contributed by atoms with Gasteiger partial charge < -0.3 is 15.6 Å². The molecule has 2 N–H and O–H groups in total. The average Bonchev–Trinajstić information content (AvgIpc) is 2.89. The van der Waals surface area contributed by atoms with Crippen molar-refractivity contribution >= 4 is 28.9 Å². The Hall–Kier alpha value is -2.72. The van der Waals surface area contributed by atoms with E-state index in [1.807, 2.05) is 31.2 Å². The fraction of sp³-hybridized carbons (Fsp3) is 0.353. The average molecular weight is 313 g/mol. The van der Waals surface area contributed by atoms with Crippen molar-refractivity contribution < 1.29 is 19.5 Å². The molecule has 0 saturated carbocycles. The largest absolute Gasteiger partial charge is 0.481 e. The lowest BCUT2D eigenvalue weighted by molar-refractivity contribution is -0.139. The highest BCUT2D eigenvalue weighted by atomic mass is 16.4. The monoisotopic (exact) mass is 313 g/mol. The second-order valence-corrected chi connectivity index (χ2v) is 5.45. The Bertz CT molecular complexity index is 772. The third-order valence-corrected chi connectivity index (χ3v) is 3.87. The summed E-state index contributed by atoms with van der Waals surface area (Å²) in [5.74, 6) is -1.77. The molecule has 1 aromatic heterocycles. The summed E-state index contributed by atoms with van der Waals surface area (Å²) in [6, 6.07) is 7.54. The minimum atomic E-state index is -0.860. The number of rotatable bonds is 8. The van der Waals surface area contributed by atoms with E-state index < -0.39 is 11.9 Å². The number of hydrogen-bond acceptors (Lipinski definition) is 2. The van der Waals surface area contributed by atoms with Crippen LogP contribution in [-0.4, -0.2) is 32.8 Å². The first-order valence-corrected chi connectivity index (χ1v) is 7.61. The van der Waals surface area contributed by atoms with E-state index in [2.05, 4.69) is 9.77 Å². The highest BCUT2D eigenvalue weighted by molar-refractivity contribution is 6.25. The molecule has 0 radical (unpaired) electrons. The maximum absolute atomic E-state index is 11.7. The Morgan fingerprint density at radius 3 is 2.78 bits per heavy atom. The molecule has 0 spiro atoms. The van der Waals surface area contributed by atoms with Crippen LogP contribution in [0.15, 0.2) is 24.3 Å². The summed E-state index contributed by atoms with van der Waals surface area (Å²) in [5, 5.41) is 10.5. The molecule has 1 aromatic carbocycles. The predicted octanol–water partition coefficient (Wildman–Crippen LogP) is 2.94. The lowest BCUT2D eigenvalue weighted by Gasteiger charge is -2.13. The number of H-pyrrole nitrogens is 1. The number of Topliss-reactive ketones (excluding diaryl/α,β-unsaturated/α-hetero) is 1. The van der Waals surface area contributed by atoms with Gasteiger partial charge in [0.15, 0.2) is 0 Å². The Morgan fingerprint density at radius 2 is 2.13 bits per heavy atom. The first-order chi connectivity index (χ1) is 11.1. The number of aromatic amines is 1. The summed E-state index contributed by atoms with van der Waals surface area (Å²) in [5.41, 5.74) is 10.8. The zero-order valence-electron chi connectivity index (χ0n) is 13.0. The lowest BCUT2D eigenvalue weighted by Crippen LogP contribution is -2.13. The van der Waals surface area contributed by atoms with Gasteiger partial charge in [-0.3, -0.25) is 9.59 Å². The van der Waals surface area contributed by atoms with Gasteiger partial charge in [0.2, 0.25) is 5.78 Å². The summed E-state index contributed by atoms with van der Waals surface area (Å²) >= 11 is 0. The number of para-hydroxylation sites is 1. The molecule has 1 atom stereocenters. The molecule has 6 nitrogen and oxygen atoms in total. The molecule has 120 valence electrons. The smallest absolute Gasteiger partial charge is 0.323 e. The van der Waals surface area contributed by atoms with Crippen molar-refractivity contribution in [2.24, 2.45) is 0 Å². The van der Waals surface area contributed by atoms with Gasteiger partial charge in [-0.15, -0.1) is 0 Å². The van der Waals surface area contributed by atoms with Crippen LogP contribution in [0.5, 0.6) is 0 Å². The number of carbonyl (C=O) groups is 2. The third kappa shape index (κ3) is 3.73. The van der Waals surface area contributed by atoms with Gasteiger partial charge in [-0.25, -0.2) is 0 Å². The van der Waals surface area contributed by atoms with E-state index in [-0.39, 0.29) is 12.2 Å². The van der Waals surface area contributed by atoms with Crippen LogP contribution in [0.25, 0.3) is 16.4 Å². The highest BCUT2D eigenvalue weighted by Crippen LogP contribution is 2.33. The number of carboxylic acid groups (broad SMARTS) is 1. The summed E-state index contributed by atoms with van der Waals surface area (Å²) in [7, 11) is 0. The molecule has 0 fully saturated rings. The minimum absolute atomic E-state index is 0.155. The van der Waals surface area contributed by atoms with E-state index >= 15 is 0 Å². The van der Waals surface area contributed by atoms with Gasteiger partial charge in [0, 0.05) is 23.0 Å². The van der Waals surface area contributed by atoms with Gasteiger partial charge >= 0.3 is 12.2 Å². The molecule has 2 rings (SSSR count). The first kappa shape index (κ1) is 16.6. The zero-order valence-corrected chi connectivity index (χ0v) is 13.0. The third-order valence-electron chi connectivity index (χ3n) is 3.87. The van der Waals surface area contributed by atoms with Gasteiger partial charge in [-0.05, 0) is 24.5 Å². The number of hydrogen-bond donors (Lipinski definition) is 2. The molecule has 0 aliphatic heterocycles. The Kier molecular flexibility index (Phi) is 5.44. The van der Waals surface area contributed by atoms with E-state index in [1.54, 1.807) is 0 Å². The van der Waals surface area contributed by atoms with E-state index in [1.165, 1.54) is 0 Å². The van der Waals surface area contributed by atoms with E-state index in [0.717, 1.165) is 34.8 Å². The molecule has 6 heteroatoms. The molecule has 1 heterocycles. The van der Waals surface area contributed by atoms with E-state index in [4.69, 9.17) is 5.53 Å². The van der Waals surface area contributed by atoms with Crippen LogP contribution in [0.3, 0.4) is 0 Å². The van der Waals surface area contributed by atoms with Crippen LogP contribution in [0.4, 0.5) is 0 Å². The van der Waals surface area contributed by atoms with Crippen LogP contribution < -0.4 is 0 Å². The molecule has 23 heavy (non-hydrogen) atoms. The number of nitrogens with one attached hydrogen (secondary N) is 1. The molecule has 0 bridgehead atoms. The SMILES string of the molecule is CCCC(C(=O)O)c1c(CCC(=O)C=[N+]=[N-])[nH]c2ccccc12. The predicted molar refractivity (Wildman–Crippen MR) is 86.6 cm³/mol. The van der Waals surface area contributed by atoms with Gasteiger partial charge in [0.05, 0.1) is 5.92 Å². The second kappa shape index (κ2) is 7.51. The second-order valence-electron chi connectivity index (χ2n) is 5.45. The van der Waals surface area contributed by atoms with Crippen LogP contribution in [0.2, 0.25) is 0 Å². The minimum Gasteiger partial charge on any atom is -0.481 e. The summed E-state index contributed by atoms with van der Waals surface area (Å²) in [6.45, 7) is 1.95. The maximum Gasteiger partial charge on any atom is 0.323 e. The van der Waals surface area contributed by atoms with Crippen LogP contribution >= 0.6 is 0 Å². The molecule has 0 aliphatic rings. The van der Waals surface area contributed by atoms with Crippen LogP contribution in [0.1, 0.15) is 43.4 Å². The van der Waals surface area contributed by atoms with Gasteiger partial charge in [0.1, 0.15) is 0 Å². The van der Waals surface area contributed by atoms with Gasteiger partial charge in [0.25, 0.3) is 0 Å². The van der Waals surface area contributed by atoms with Crippen LogP contribution in [0, 0.1) is 0 Å². The van der Waals surface area contributed by atoms with Crippen molar-refractivity contribution in [3.63, 3.8) is 0 Å². The summed E-state index contributed by atoms with van der Waals surface area (Å²) in [4.78, 5) is 29.2. The fourth-order valence-electron chi connectivity index (χ4n) is 2.87. The molecular weight excluding hydrogens is 294 g/mol. The first-order valence-electron chi connectivity index (χ1n) is 7.61. The number of carbonyl (C=O) groups excluding carboxylic acids is 1. The Labute approximate surface area is 133 Å². The number of fused-ring (bicyclic) bond motifs is 1. The van der Waals surface area contributed by atoms with Crippen molar-refractivity contribution in [3.05, 3.63) is 41.1 Å². The fourth-order valence-corrected chi connectivity index (χ4v) is 2.87. The van der Waals surface area contributed by atoms with Crippen molar-refractivity contribution in [3.8, 4) is 0 Å². The standard InChI is InChI=1S/C17H19N3O3/c1-2-5-13(17(22)23)16-12-6-3-4-7-14(12)20-15(16)9-8-11(21)10-19-18/h3-4,6-7,10,13,20H,2,5,8-9H2,1H3,(H,22,23).